The molecule has 0 amide bonds. The van der Waals surface area contributed by atoms with E-state index in [-0.39, 0.29) is 22.8 Å². The zero-order valence-electron chi connectivity index (χ0n) is 18.8. The van der Waals surface area contributed by atoms with Crippen molar-refractivity contribution >= 4 is 39.1 Å². The van der Waals surface area contributed by atoms with E-state index in [9.17, 15) is 18.0 Å². The summed E-state index contributed by atoms with van der Waals surface area (Å²) in [5.41, 5.74) is 1.84. The van der Waals surface area contributed by atoms with Crippen molar-refractivity contribution in [2.24, 2.45) is 0 Å². The van der Waals surface area contributed by atoms with E-state index in [2.05, 4.69) is 6.58 Å². The average Bonchev–Trinajstić information content (AvgIpc) is 2.83. The summed E-state index contributed by atoms with van der Waals surface area (Å²) in [6.07, 6.45) is 0.421. The number of benzene rings is 3. The first-order valence-electron chi connectivity index (χ1n) is 10.4. The van der Waals surface area contributed by atoms with Crippen LogP contribution in [0.1, 0.15) is 33.2 Å². The van der Waals surface area contributed by atoms with Gasteiger partial charge in [0.05, 0.1) is 22.7 Å². The number of carbonyl (C=O) groups excluding carboxylic acids is 2. The molecule has 0 saturated heterocycles. The topological polar surface area (TPSA) is 80.8 Å². The second-order valence-electron chi connectivity index (χ2n) is 7.61. The van der Waals surface area contributed by atoms with Crippen LogP contribution >= 0.6 is 11.6 Å². The van der Waals surface area contributed by atoms with Gasteiger partial charge < -0.3 is 4.74 Å². The third-order valence-corrected chi connectivity index (χ3v) is 7.10. The van der Waals surface area contributed by atoms with E-state index in [4.69, 9.17) is 16.3 Å². The fourth-order valence-electron chi connectivity index (χ4n) is 3.21. The maximum Gasteiger partial charge on any atom is 0.338 e. The van der Waals surface area contributed by atoms with Crippen LogP contribution in [0.5, 0.6) is 0 Å². The first-order valence-corrected chi connectivity index (χ1v) is 12.3. The number of ketones is 1. The van der Waals surface area contributed by atoms with Crippen LogP contribution in [-0.2, 0) is 14.8 Å². The maximum absolute atomic E-state index is 13.4. The van der Waals surface area contributed by atoms with Crippen molar-refractivity contribution in [3.63, 3.8) is 0 Å². The number of ether oxygens (including phenoxy) is 1. The van der Waals surface area contributed by atoms with Crippen molar-refractivity contribution in [1.29, 1.82) is 0 Å². The molecule has 8 heteroatoms. The van der Waals surface area contributed by atoms with E-state index in [1.165, 1.54) is 37.3 Å². The van der Waals surface area contributed by atoms with Crippen LogP contribution in [0.25, 0.3) is 0 Å². The van der Waals surface area contributed by atoms with Crippen LogP contribution in [0, 0.1) is 6.92 Å². The fraction of sp³-hybridized carbons (Fsp3) is 0.154. The Morgan fingerprint density at radius 2 is 1.68 bits per heavy atom. The van der Waals surface area contributed by atoms with Gasteiger partial charge in [0.25, 0.3) is 10.0 Å². The predicted octanol–water partition coefficient (Wildman–Crippen LogP) is 5.46. The molecule has 0 bridgehead atoms. The van der Waals surface area contributed by atoms with Crippen molar-refractivity contribution in [1.82, 2.24) is 0 Å². The summed E-state index contributed by atoms with van der Waals surface area (Å²) in [4.78, 5) is 25.2. The number of hydrogen-bond donors (Lipinski definition) is 0. The van der Waals surface area contributed by atoms with Crippen LogP contribution in [0.4, 0.5) is 5.69 Å². The van der Waals surface area contributed by atoms with Gasteiger partial charge in [-0.3, -0.25) is 9.10 Å². The van der Waals surface area contributed by atoms with E-state index in [1.54, 1.807) is 48.5 Å². The van der Waals surface area contributed by atoms with Gasteiger partial charge in [-0.1, -0.05) is 53.6 Å². The second-order valence-corrected chi connectivity index (χ2v) is 9.91. The molecule has 176 valence electrons. The molecule has 3 aromatic rings. The third kappa shape index (κ3) is 5.73. The Kier molecular flexibility index (Phi) is 7.91. The van der Waals surface area contributed by atoms with Gasteiger partial charge in [0.1, 0.15) is 0 Å². The minimum atomic E-state index is -4.03. The van der Waals surface area contributed by atoms with E-state index in [0.717, 1.165) is 9.87 Å². The molecule has 0 saturated carbocycles. The number of aryl methyl sites for hydroxylation is 1. The molecule has 0 aromatic heterocycles. The van der Waals surface area contributed by atoms with Gasteiger partial charge in [-0.15, -0.1) is 6.58 Å². The summed E-state index contributed by atoms with van der Waals surface area (Å²) >= 11 is 5.93. The van der Waals surface area contributed by atoms with Crippen LogP contribution in [0.2, 0.25) is 5.02 Å². The molecule has 1 atom stereocenters. The quantitative estimate of drug-likeness (QED) is 0.223. The summed E-state index contributed by atoms with van der Waals surface area (Å²) in [5.74, 6) is -1.15. The van der Waals surface area contributed by atoms with Crippen molar-refractivity contribution in [2.75, 3.05) is 10.8 Å². The first kappa shape index (κ1) is 25.2. The van der Waals surface area contributed by atoms with Crippen LogP contribution < -0.4 is 4.31 Å². The smallest absolute Gasteiger partial charge is 0.338 e. The summed E-state index contributed by atoms with van der Waals surface area (Å²) in [7, 11) is -4.03. The Hall–Kier alpha value is -3.42. The molecule has 0 N–H and O–H groups in total. The van der Waals surface area contributed by atoms with Gasteiger partial charge in [0.15, 0.2) is 6.10 Å². The van der Waals surface area contributed by atoms with Gasteiger partial charge >= 0.3 is 5.97 Å². The maximum atomic E-state index is 13.4. The van der Waals surface area contributed by atoms with E-state index in [1.807, 2.05) is 6.92 Å². The number of nitrogens with zero attached hydrogens (tertiary/aromatic N) is 1. The summed E-state index contributed by atoms with van der Waals surface area (Å²) < 4.78 is 33.2. The summed E-state index contributed by atoms with van der Waals surface area (Å²) in [5, 5.41) is 0.471. The number of rotatable bonds is 9. The lowest BCUT2D eigenvalue weighted by atomic mass is 10.1. The van der Waals surface area contributed by atoms with Crippen LogP contribution in [-0.4, -0.2) is 32.8 Å². The zero-order chi connectivity index (χ0) is 24.9. The van der Waals surface area contributed by atoms with Gasteiger partial charge in [-0.25, -0.2) is 13.2 Å². The lowest BCUT2D eigenvalue weighted by molar-refractivity contribution is 0.0318. The highest BCUT2D eigenvalue weighted by atomic mass is 35.5. The summed E-state index contributed by atoms with van der Waals surface area (Å²) in [6.45, 7) is 7.04. The monoisotopic (exact) mass is 497 g/mol. The fourth-order valence-corrected chi connectivity index (χ4v) is 4.82. The Balaban J connectivity index is 1.84. The van der Waals surface area contributed by atoms with E-state index < -0.39 is 22.1 Å². The van der Waals surface area contributed by atoms with E-state index >= 15 is 0 Å². The highest BCUT2D eigenvalue weighted by Crippen LogP contribution is 2.26. The molecule has 0 aliphatic heterocycles. The highest BCUT2D eigenvalue weighted by molar-refractivity contribution is 7.92. The Labute approximate surface area is 204 Å². The second kappa shape index (κ2) is 10.7. The van der Waals surface area contributed by atoms with Gasteiger partial charge in [-0.2, -0.15) is 0 Å². The molecule has 0 unspecified atom stereocenters. The van der Waals surface area contributed by atoms with Crippen molar-refractivity contribution < 1.29 is 22.7 Å². The molecular weight excluding hydrogens is 474 g/mol. The normalized spacial score (nSPS) is 12.0. The number of halogens is 1. The number of esters is 1. The molecule has 0 aliphatic carbocycles. The van der Waals surface area contributed by atoms with Gasteiger partial charge in [-0.05, 0) is 56.3 Å². The number of carbonyl (C=O) groups is 2. The largest absolute Gasteiger partial charge is 0.451 e. The molecule has 34 heavy (non-hydrogen) atoms. The first-order chi connectivity index (χ1) is 16.1. The van der Waals surface area contributed by atoms with Crippen molar-refractivity contribution in [3.8, 4) is 0 Å². The Bertz CT molecular complexity index is 1300. The Morgan fingerprint density at radius 1 is 1.03 bits per heavy atom. The molecule has 0 heterocycles. The van der Waals surface area contributed by atoms with Crippen LogP contribution in [0.3, 0.4) is 0 Å². The lowest BCUT2D eigenvalue weighted by Crippen LogP contribution is -2.31. The standard InChI is InChI=1S/C26H24ClNO5S/c1-4-16-28(23-14-12-22(27)13-15-23)34(31,32)24-7-5-6-21(17-24)26(30)33-19(3)25(29)20-10-8-18(2)9-11-20/h4-15,17,19H,1,16H2,2-3H3/t19-/m1/s1. The lowest BCUT2D eigenvalue weighted by Gasteiger charge is -2.23. The molecule has 3 aromatic carbocycles. The Morgan fingerprint density at radius 3 is 2.29 bits per heavy atom. The summed E-state index contributed by atoms with van der Waals surface area (Å²) in [6, 6.07) is 18.8. The van der Waals surface area contributed by atoms with Gasteiger partial charge in [0.2, 0.25) is 5.78 Å². The number of hydrogen-bond acceptors (Lipinski definition) is 5. The number of anilines is 1. The van der Waals surface area contributed by atoms with Gasteiger partial charge in [0, 0.05) is 10.6 Å². The van der Waals surface area contributed by atoms with E-state index in [0.29, 0.717) is 16.3 Å². The molecule has 0 radical (unpaired) electrons. The molecule has 0 spiro atoms. The van der Waals surface area contributed by atoms with Crippen molar-refractivity contribution in [3.05, 3.63) is 107 Å². The molecule has 0 aliphatic rings. The minimum Gasteiger partial charge on any atom is -0.451 e. The average molecular weight is 498 g/mol. The molecule has 0 fully saturated rings. The molecule has 6 nitrogen and oxygen atoms in total. The highest BCUT2D eigenvalue weighted by Gasteiger charge is 2.26. The van der Waals surface area contributed by atoms with Crippen molar-refractivity contribution in [2.45, 2.75) is 24.8 Å². The molecule has 3 rings (SSSR count). The zero-order valence-corrected chi connectivity index (χ0v) is 20.3. The van der Waals surface area contributed by atoms with Crippen LogP contribution in [0.15, 0.2) is 90.3 Å². The SMILES string of the molecule is C=CCN(c1ccc(Cl)cc1)S(=O)(=O)c1cccc(C(=O)O[C@H](C)C(=O)c2ccc(C)cc2)c1. The third-order valence-electron chi connectivity index (χ3n) is 5.06. The predicted molar refractivity (Wildman–Crippen MR) is 133 cm³/mol. The minimum absolute atomic E-state index is 0.0132. The molecular formula is C26H24ClNO5S. The number of Topliss-reactive ketones (excluding diaryl/α,β-unsaturated/α-hetero) is 1. The number of sulfonamides is 1.